The molecule has 0 radical (unpaired) electrons. The van der Waals surface area contributed by atoms with Crippen molar-refractivity contribution in [2.45, 2.75) is 23.6 Å². The number of rotatable bonds is 0. The molecular weight excluding hydrogens is 160 g/mol. The molecule has 0 saturated carbocycles. The fourth-order valence-electron chi connectivity index (χ4n) is 0.933. The molecular formula is C8H10S2. The number of benzene rings is 1. The zero-order valence-electron chi connectivity index (χ0n) is 6.05. The summed E-state index contributed by atoms with van der Waals surface area (Å²) < 4.78 is 0. The number of hydrogen-bond donors (Lipinski definition) is 2. The van der Waals surface area contributed by atoms with E-state index >= 15 is 0 Å². The molecule has 0 saturated heterocycles. The van der Waals surface area contributed by atoms with Crippen LogP contribution in [-0.2, 0) is 0 Å². The van der Waals surface area contributed by atoms with Crippen LogP contribution in [0.5, 0.6) is 0 Å². The summed E-state index contributed by atoms with van der Waals surface area (Å²) >= 11 is 8.56. The Hall–Kier alpha value is -0.0800. The third-order valence-electron chi connectivity index (χ3n) is 1.48. The summed E-state index contributed by atoms with van der Waals surface area (Å²) in [7, 11) is 0. The Kier molecular flexibility index (Phi) is 2.32. The first-order chi connectivity index (χ1) is 4.61. The smallest absolute Gasteiger partial charge is 0.00993 e. The van der Waals surface area contributed by atoms with E-state index in [1.165, 1.54) is 11.1 Å². The average Bonchev–Trinajstić information content (AvgIpc) is 1.82. The summed E-state index contributed by atoms with van der Waals surface area (Å²) in [5, 5.41) is 0. The highest BCUT2D eigenvalue weighted by atomic mass is 32.1. The third kappa shape index (κ3) is 1.50. The Labute approximate surface area is 72.5 Å². The van der Waals surface area contributed by atoms with Gasteiger partial charge in [-0.3, -0.25) is 0 Å². The van der Waals surface area contributed by atoms with Crippen molar-refractivity contribution in [1.29, 1.82) is 0 Å². The first-order valence-corrected chi connectivity index (χ1v) is 4.00. The molecule has 1 aromatic carbocycles. The minimum atomic E-state index is 1.01. The highest BCUT2D eigenvalue weighted by Crippen LogP contribution is 2.21. The molecule has 2 heteroatoms. The molecule has 0 aromatic heterocycles. The van der Waals surface area contributed by atoms with Gasteiger partial charge < -0.3 is 0 Å². The molecule has 0 heterocycles. The van der Waals surface area contributed by atoms with Crippen LogP contribution in [0, 0.1) is 13.8 Å². The molecule has 0 atom stereocenters. The van der Waals surface area contributed by atoms with Crippen molar-refractivity contribution < 1.29 is 0 Å². The van der Waals surface area contributed by atoms with Crippen LogP contribution in [0.1, 0.15) is 11.1 Å². The fourth-order valence-corrected chi connectivity index (χ4v) is 1.45. The Morgan fingerprint density at radius 1 is 1.00 bits per heavy atom. The Morgan fingerprint density at radius 3 is 1.80 bits per heavy atom. The van der Waals surface area contributed by atoms with Crippen molar-refractivity contribution in [3.8, 4) is 0 Å². The minimum Gasteiger partial charge on any atom is -0.143 e. The molecule has 0 unspecified atom stereocenters. The van der Waals surface area contributed by atoms with Gasteiger partial charge in [0.15, 0.2) is 0 Å². The quantitative estimate of drug-likeness (QED) is 0.550. The van der Waals surface area contributed by atoms with Crippen LogP contribution in [0.25, 0.3) is 0 Å². The van der Waals surface area contributed by atoms with Crippen LogP contribution in [0.4, 0.5) is 0 Å². The van der Waals surface area contributed by atoms with Crippen molar-refractivity contribution in [2.24, 2.45) is 0 Å². The van der Waals surface area contributed by atoms with Crippen LogP contribution < -0.4 is 0 Å². The predicted molar refractivity (Wildman–Crippen MR) is 50.4 cm³/mol. The van der Waals surface area contributed by atoms with E-state index in [1.807, 2.05) is 26.0 Å². The first kappa shape index (κ1) is 8.02. The maximum absolute atomic E-state index is 4.32. The topological polar surface area (TPSA) is 0 Å². The molecule has 0 nitrogen and oxygen atoms in total. The second kappa shape index (κ2) is 2.89. The van der Waals surface area contributed by atoms with Crippen LogP contribution in [0.3, 0.4) is 0 Å². The first-order valence-electron chi connectivity index (χ1n) is 3.10. The van der Waals surface area contributed by atoms with Crippen molar-refractivity contribution in [3.63, 3.8) is 0 Å². The highest BCUT2D eigenvalue weighted by Gasteiger charge is 1.97. The Bertz CT molecular complexity index is 230. The van der Waals surface area contributed by atoms with E-state index in [9.17, 15) is 0 Å². The van der Waals surface area contributed by atoms with E-state index in [1.54, 1.807) is 0 Å². The van der Waals surface area contributed by atoms with Gasteiger partial charge in [-0.1, -0.05) is 0 Å². The fraction of sp³-hybridized carbons (Fsp3) is 0.250. The van der Waals surface area contributed by atoms with Crippen molar-refractivity contribution in [1.82, 2.24) is 0 Å². The van der Waals surface area contributed by atoms with Crippen LogP contribution >= 0.6 is 25.3 Å². The van der Waals surface area contributed by atoms with Gasteiger partial charge in [0.1, 0.15) is 0 Å². The summed E-state index contributed by atoms with van der Waals surface area (Å²) in [5.41, 5.74) is 2.38. The van der Waals surface area contributed by atoms with E-state index < -0.39 is 0 Å². The summed E-state index contributed by atoms with van der Waals surface area (Å²) in [4.78, 5) is 2.07. The lowest BCUT2D eigenvalue weighted by Crippen LogP contribution is -1.81. The Balaban J connectivity index is 3.31. The normalized spacial score (nSPS) is 10.0. The molecule has 0 aliphatic rings. The van der Waals surface area contributed by atoms with E-state index in [0.29, 0.717) is 0 Å². The second-order valence-corrected chi connectivity index (χ2v) is 3.39. The molecule has 0 aliphatic heterocycles. The van der Waals surface area contributed by atoms with Gasteiger partial charge >= 0.3 is 0 Å². The largest absolute Gasteiger partial charge is 0.143 e. The van der Waals surface area contributed by atoms with Gasteiger partial charge in [-0.05, 0) is 37.1 Å². The van der Waals surface area contributed by atoms with E-state index in [0.717, 1.165) is 9.79 Å². The molecule has 0 N–H and O–H groups in total. The van der Waals surface area contributed by atoms with Crippen LogP contribution in [0.2, 0.25) is 0 Å². The Morgan fingerprint density at radius 2 is 1.40 bits per heavy atom. The van der Waals surface area contributed by atoms with Gasteiger partial charge in [0.25, 0.3) is 0 Å². The monoisotopic (exact) mass is 170 g/mol. The van der Waals surface area contributed by atoms with E-state index in [4.69, 9.17) is 0 Å². The SMILES string of the molecule is Cc1cc(S)cc(C)c1S. The van der Waals surface area contributed by atoms with Crippen molar-refractivity contribution >= 4 is 25.3 Å². The van der Waals surface area contributed by atoms with Crippen molar-refractivity contribution in [3.05, 3.63) is 23.3 Å². The van der Waals surface area contributed by atoms with E-state index in [-0.39, 0.29) is 0 Å². The predicted octanol–water partition coefficient (Wildman–Crippen LogP) is 2.88. The summed E-state index contributed by atoms with van der Waals surface area (Å²) in [6.07, 6.45) is 0. The number of thiol groups is 2. The van der Waals surface area contributed by atoms with E-state index in [2.05, 4.69) is 25.3 Å². The van der Waals surface area contributed by atoms with Gasteiger partial charge in [-0.15, -0.1) is 25.3 Å². The van der Waals surface area contributed by atoms with Gasteiger partial charge in [-0.25, -0.2) is 0 Å². The average molecular weight is 170 g/mol. The summed E-state index contributed by atoms with van der Waals surface area (Å²) in [6.45, 7) is 4.07. The molecule has 10 heavy (non-hydrogen) atoms. The second-order valence-electron chi connectivity index (χ2n) is 2.43. The summed E-state index contributed by atoms with van der Waals surface area (Å²) in [5.74, 6) is 0. The molecule has 0 fully saturated rings. The standard InChI is InChI=1S/C8H10S2/c1-5-3-7(9)4-6(2)8(5)10/h3-4,9-10H,1-2H3. The number of aryl methyl sites for hydroxylation is 2. The zero-order valence-corrected chi connectivity index (χ0v) is 7.84. The zero-order chi connectivity index (χ0) is 7.72. The number of hydrogen-bond acceptors (Lipinski definition) is 2. The summed E-state index contributed by atoms with van der Waals surface area (Å²) in [6, 6.07) is 4.02. The molecule has 0 bridgehead atoms. The van der Waals surface area contributed by atoms with Gasteiger partial charge in [-0.2, -0.15) is 0 Å². The lowest BCUT2D eigenvalue weighted by atomic mass is 10.2. The molecule has 54 valence electrons. The maximum atomic E-state index is 4.32. The molecule has 0 amide bonds. The third-order valence-corrected chi connectivity index (χ3v) is 2.44. The lowest BCUT2D eigenvalue weighted by molar-refractivity contribution is 1.18. The highest BCUT2D eigenvalue weighted by molar-refractivity contribution is 7.80. The minimum absolute atomic E-state index is 1.01. The van der Waals surface area contributed by atoms with Gasteiger partial charge in [0.2, 0.25) is 0 Å². The maximum Gasteiger partial charge on any atom is 0.00993 e. The van der Waals surface area contributed by atoms with Crippen LogP contribution in [0.15, 0.2) is 21.9 Å². The lowest BCUT2D eigenvalue weighted by Gasteiger charge is -2.03. The van der Waals surface area contributed by atoms with Gasteiger partial charge in [0.05, 0.1) is 0 Å². The van der Waals surface area contributed by atoms with Crippen LogP contribution in [-0.4, -0.2) is 0 Å². The van der Waals surface area contributed by atoms with Crippen molar-refractivity contribution in [2.75, 3.05) is 0 Å². The molecule has 0 spiro atoms. The van der Waals surface area contributed by atoms with Gasteiger partial charge in [0, 0.05) is 9.79 Å². The molecule has 0 aliphatic carbocycles. The molecule has 1 aromatic rings. The molecule has 1 rings (SSSR count).